The van der Waals surface area contributed by atoms with E-state index in [0.717, 1.165) is 6.54 Å². The Hall–Kier alpha value is -1.76. The third-order valence-corrected chi connectivity index (χ3v) is 3.33. The van der Waals surface area contributed by atoms with Gasteiger partial charge in [0.25, 0.3) is 0 Å². The van der Waals surface area contributed by atoms with E-state index in [1.807, 2.05) is 0 Å². The molecule has 0 radical (unpaired) electrons. The van der Waals surface area contributed by atoms with E-state index in [2.05, 4.69) is 15.4 Å². The van der Waals surface area contributed by atoms with Crippen molar-refractivity contribution in [2.75, 3.05) is 19.6 Å². The normalized spacial score (nSPS) is 14.7. The van der Waals surface area contributed by atoms with Crippen LogP contribution in [0.15, 0.2) is 24.3 Å². The van der Waals surface area contributed by atoms with Crippen LogP contribution in [0.3, 0.4) is 0 Å². The summed E-state index contributed by atoms with van der Waals surface area (Å²) in [6, 6.07) is 5.93. The average molecular weight is 316 g/mol. The summed E-state index contributed by atoms with van der Waals surface area (Å²) in [5, 5.41) is 5.73. The Labute approximate surface area is 127 Å². The van der Waals surface area contributed by atoms with Crippen LogP contribution < -0.4 is 15.4 Å². The molecule has 1 aliphatic carbocycles. The van der Waals surface area contributed by atoms with Crippen molar-refractivity contribution in [1.29, 1.82) is 0 Å². The minimum Gasteiger partial charge on any atom is -0.406 e. The molecule has 2 N–H and O–H groups in total. The van der Waals surface area contributed by atoms with Crippen LogP contribution in [0.4, 0.5) is 13.2 Å². The van der Waals surface area contributed by atoms with Crippen LogP contribution >= 0.6 is 0 Å². The van der Waals surface area contributed by atoms with Gasteiger partial charge in [-0.15, -0.1) is 13.2 Å². The molecule has 0 unspecified atom stereocenters. The van der Waals surface area contributed by atoms with Gasteiger partial charge in [-0.2, -0.15) is 0 Å². The number of halogens is 3. The van der Waals surface area contributed by atoms with Crippen LogP contribution in [0.1, 0.15) is 18.4 Å². The molecule has 122 valence electrons. The second kappa shape index (κ2) is 7.49. The fraction of sp³-hybridized carbons (Fsp3) is 0.533. The Balaban J connectivity index is 1.72. The standard InChI is InChI=1S/C15H19F3N2O2/c16-15(17,18)22-13-4-2-1-3-12(13)7-8-20-14(21)10-19-9-11-5-6-11/h1-4,11,19H,5-10H2,(H,20,21). The number of alkyl halides is 3. The Bertz CT molecular complexity index is 502. The largest absolute Gasteiger partial charge is 0.573 e. The lowest BCUT2D eigenvalue weighted by Crippen LogP contribution is -2.35. The van der Waals surface area contributed by atoms with Gasteiger partial charge in [-0.3, -0.25) is 4.79 Å². The number of para-hydroxylation sites is 1. The Kier molecular flexibility index (Phi) is 5.65. The van der Waals surface area contributed by atoms with E-state index in [1.165, 1.54) is 25.0 Å². The molecule has 0 saturated heterocycles. The summed E-state index contributed by atoms with van der Waals surface area (Å²) in [4.78, 5) is 11.6. The molecule has 2 rings (SSSR count). The average Bonchev–Trinajstić information content (AvgIpc) is 3.23. The van der Waals surface area contributed by atoms with Crippen molar-refractivity contribution in [3.05, 3.63) is 29.8 Å². The number of carbonyl (C=O) groups excluding carboxylic acids is 1. The van der Waals surface area contributed by atoms with Crippen LogP contribution in [-0.2, 0) is 11.2 Å². The molecule has 1 aliphatic rings. The second-order valence-electron chi connectivity index (χ2n) is 5.33. The zero-order valence-corrected chi connectivity index (χ0v) is 12.1. The monoisotopic (exact) mass is 316 g/mol. The van der Waals surface area contributed by atoms with Crippen molar-refractivity contribution in [1.82, 2.24) is 10.6 Å². The number of amides is 1. The van der Waals surface area contributed by atoms with Crippen LogP contribution in [0.25, 0.3) is 0 Å². The maximum absolute atomic E-state index is 12.3. The summed E-state index contributed by atoms with van der Waals surface area (Å²) in [6.45, 7) is 1.34. The maximum Gasteiger partial charge on any atom is 0.573 e. The lowest BCUT2D eigenvalue weighted by Gasteiger charge is -2.13. The fourth-order valence-corrected chi connectivity index (χ4v) is 2.05. The first-order valence-corrected chi connectivity index (χ1v) is 7.25. The third kappa shape index (κ3) is 6.34. The van der Waals surface area contributed by atoms with Gasteiger partial charge in [0, 0.05) is 6.54 Å². The summed E-state index contributed by atoms with van der Waals surface area (Å²) >= 11 is 0. The Morgan fingerprint density at radius 3 is 2.68 bits per heavy atom. The Morgan fingerprint density at radius 1 is 1.27 bits per heavy atom. The smallest absolute Gasteiger partial charge is 0.406 e. The molecule has 1 saturated carbocycles. The van der Waals surface area contributed by atoms with Gasteiger partial charge in [-0.25, -0.2) is 0 Å². The summed E-state index contributed by atoms with van der Waals surface area (Å²) in [7, 11) is 0. The van der Waals surface area contributed by atoms with E-state index in [4.69, 9.17) is 0 Å². The van der Waals surface area contributed by atoms with Gasteiger partial charge in [0.1, 0.15) is 5.75 Å². The lowest BCUT2D eigenvalue weighted by molar-refractivity contribution is -0.274. The highest BCUT2D eigenvalue weighted by Gasteiger charge is 2.31. The molecule has 4 nitrogen and oxygen atoms in total. The van der Waals surface area contributed by atoms with E-state index in [0.29, 0.717) is 11.5 Å². The zero-order valence-electron chi connectivity index (χ0n) is 12.1. The third-order valence-electron chi connectivity index (χ3n) is 3.33. The van der Waals surface area contributed by atoms with E-state index in [1.54, 1.807) is 12.1 Å². The van der Waals surface area contributed by atoms with Crippen molar-refractivity contribution < 1.29 is 22.7 Å². The highest BCUT2D eigenvalue weighted by atomic mass is 19.4. The van der Waals surface area contributed by atoms with Crippen molar-refractivity contribution in [3.63, 3.8) is 0 Å². The second-order valence-corrected chi connectivity index (χ2v) is 5.33. The summed E-state index contributed by atoms with van der Waals surface area (Å²) in [6.07, 6.45) is -2.01. The predicted octanol–water partition coefficient (Wildman–Crippen LogP) is 2.24. The molecule has 1 fully saturated rings. The molecule has 1 aromatic carbocycles. The quantitative estimate of drug-likeness (QED) is 0.773. The van der Waals surface area contributed by atoms with Crippen LogP contribution in [0.2, 0.25) is 0 Å². The fourth-order valence-electron chi connectivity index (χ4n) is 2.05. The molecule has 0 spiro atoms. The number of ether oxygens (including phenoxy) is 1. The maximum atomic E-state index is 12.3. The first-order valence-electron chi connectivity index (χ1n) is 7.25. The topological polar surface area (TPSA) is 50.4 Å². The first kappa shape index (κ1) is 16.6. The zero-order chi connectivity index (χ0) is 16.0. The van der Waals surface area contributed by atoms with Gasteiger partial charge in [0.15, 0.2) is 0 Å². The molecule has 1 amide bonds. The number of carbonyl (C=O) groups is 1. The van der Waals surface area contributed by atoms with Crippen molar-refractivity contribution in [2.24, 2.45) is 5.92 Å². The number of nitrogens with one attached hydrogen (secondary N) is 2. The van der Waals surface area contributed by atoms with Crippen LogP contribution in [0.5, 0.6) is 5.75 Å². The molecule has 0 atom stereocenters. The van der Waals surface area contributed by atoms with E-state index in [9.17, 15) is 18.0 Å². The summed E-state index contributed by atoms with van der Waals surface area (Å²) in [5.74, 6) is 0.310. The van der Waals surface area contributed by atoms with Gasteiger partial charge < -0.3 is 15.4 Å². The molecule has 1 aromatic rings. The van der Waals surface area contributed by atoms with Crippen molar-refractivity contribution >= 4 is 5.91 Å². The minimum absolute atomic E-state index is 0.158. The lowest BCUT2D eigenvalue weighted by atomic mass is 10.1. The van der Waals surface area contributed by atoms with Gasteiger partial charge >= 0.3 is 6.36 Å². The summed E-state index contributed by atoms with van der Waals surface area (Å²) < 4.78 is 40.8. The van der Waals surface area contributed by atoms with Gasteiger partial charge in [-0.05, 0) is 43.4 Å². The van der Waals surface area contributed by atoms with E-state index >= 15 is 0 Å². The molecule has 0 aliphatic heterocycles. The predicted molar refractivity (Wildman–Crippen MR) is 75.4 cm³/mol. The first-order chi connectivity index (χ1) is 10.4. The minimum atomic E-state index is -4.72. The highest BCUT2D eigenvalue weighted by Crippen LogP contribution is 2.27. The molecule has 0 aromatic heterocycles. The molecule has 0 heterocycles. The number of hydrogen-bond acceptors (Lipinski definition) is 3. The number of rotatable bonds is 8. The Morgan fingerprint density at radius 2 is 2.00 bits per heavy atom. The van der Waals surface area contributed by atoms with Gasteiger partial charge in [-0.1, -0.05) is 18.2 Å². The molecule has 22 heavy (non-hydrogen) atoms. The highest BCUT2D eigenvalue weighted by molar-refractivity contribution is 5.77. The number of benzene rings is 1. The number of hydrogen-bond donors (Lipinski definition) is 2. The summed E-state index contributed by atoms with van der Waals surface area (Å²) in [5.41, 5.74) is 0.408. The van der Waals surface area contributed by atoms with Gasteiger partial charge in [0.05, 0.1) is 6.54 Å². The molecular formula is C15H19F3N2O2. The van der Waals surface area contributed by atoms with E-state index in [-0.39, 0.29) is 31.2 Å². The molecule has 7 heteroatoms. The SMILES string of the molecule is O=C(CNCC1CC1)NCCc1ccccc1OC(F)(F)F. The molecule has 0 bridgehead atoms. The van der Waals surface area contributed by atoms with Crippen LogP contribution in [-0.4, -0.2) is 31.9 Å². The van der Waals surface area contributed by atoms with Crippen molar-refractivity contribution in [3.8, 4) is 5.75 Å². The van der Waals surface area contributed by atoms with Gasteiger partial charge in [0.2, 0.25) is 5.91 Å². The van der Waals surface area contributed by atoms with Crippen molar-refractivity contribution in [2.45, 2.75) is 25.6 Å². The van der Waals surface area contributed by atoms with E-state index < -0.39 is 6.36 Å². The molecular weight excluding hydrogens is 297 g/mol. The van der Waals surface area contributed by atoms with Crippen LogP contribution in [0, 0.1) is 5.92 Å².